The van der Waals surface area contributed by atoms with Crippen molar-refractivity contribution in [1.82, 2.24) is 4.90 Å². The largest absolute Gasteiger partial charge is 0.415 e. The number of hydrogen-bond donors (Lipinski definition) is 0. The summed E-state index contributed by atoms with van der Waals surface area (Å²) in [6.45, 7) is 19.1. The van der Waals surface area contributed by atoms with Crippen molar-refractivity contribution < 1.29 is 9.53 Å². The van der Waals surface area contributed by atoms with E-state index in [1.807, 2.05) is 32.1 Å². The summed E-state index contributed by atoms with van der Waals surface area (Å²) in [4.78, 5) is 14.2. The Balaban J connectivity index is 2.52. The highest BCUT2D eigenvalue weighted by Gasteiger charge is 2.38. The summed E-state index contributed by atoms with van der Waals surface area (Å²) >= 11 is 1.86. The van der Waals surface area contributed by atoms with Crippen molar-refractivity contribution in [3.63, 3.8) is 0 Å². The summed E-state index contributed by atoms with van der Waals surface area (Å²) in [5.74, 6) is 0.718. The fourth-order valence-corrected chi connectivity index (χ4v) is 6.97. The van der Waals surface area contributed by atoms with E-state index in [1.165, 1.54) is 9.20 Å². The number of aryl methyl sites for hydroxylation is 1. The van der Waals surface area contributed by atoms with Gasteiger partial charge in [0.2, 0.25) is 0 Å². The zero-order valence-corrected chi connectivity index (χ0v) is 18.6. The van der Waals surface area contributed by atoms with Gasteiger partial charge in [-0.1, -0.05) is 39.9 Å². The Morgan fingerprint density at radius 1 is 1.20 bits per heavy atom. The smallest absolute Gasteiger partial charge is 0.409 e. The van der Waals surface area contributed by atoms with Crippen LogP contribution in [0.25, 0.3) is 10.1 Å². The lowest BCUT2D eigenvalue weighted by atomic mass is 10.1. The standard InChI is InChI=1S/C20H31NO2SSi/c1-9-21(10-2)19(22)23-18-14(3)11-12-16-15(18)13-17(24-16)25(7,8)20(4,5)6/h11-13H,9-10H2,1-8H3. The fourth-order valence-electron chi connectivity index (χ4n) is 2.64. The van der Waals surface area contributed by atoms with Crippen LogP contribution in [-0.4, -0.2) is 32.2 Å². The van der Waals surface area contributed by atoms with Gasteiger partial charge in [-0.25, -0.2) is 4.79 Å². The SMILES string of the molecule is CCN(CC)C(=O)Oc1c(C)ccc2sc([Si](C)(C)C(C)(C)C)cc12. The number of carbonyl (C=O) groups is 1. The Morgan fingerprint density at radius 3 is 2.32 bits per heavy atom. The molecule has 0 radical (unpaired) electrons. The number of benzene rings is 1. The Morgan fingerprint density at radius 2 is 1.80 bits per heavy atom. The van der Waals surface area contributed by atoms with Crippen molar-refractivity contribution in [2.45, 2.75) is 59.7 Å². The van der Waals surface area contributed by atoms with Gasteiger partial charge in [-0.05, 0) is 48.0 Å². The van der Waals surface area contributed by atoms with Gasteiger partial charge in [0.15, 0.2) is 0 Å². The van der Waals surface area contributed by atoms with Crippen LogP contribution in [0, 0.1) is 6.92 Å². The number of amides is 1. The van der Waals surface area contributed by atoms with E-state index < -0.39 is 8.07 Å². The van der Waals surface area contributed by atoms with E-state index in [9.17, 15) is 4.79 Å². The highest BCUT2D eigenvalue weighted by molar-refractivity contribution is 7.31. The molecule has 0 saturated carbocycles. The molecule has 0 aliphatic heterocycles. The van der Waals surface area contributed by atoms with Crippen molar-refractivity contribution in [2.75, 3.05) is 13.1 Å². The normalized spacial score (nSPS) is 12.5. The van der Waals surface area contributed by atoms with Gasteiger partial charge in [-0.2, -0.15) is 0 Å². The number of fused-ring (bicyclic) bond motifs is 1. The van der Waals surface area contributed by atoms with Gasteiger partial charge in [-0.3, -0.25) is 0 Å². The van der Waals surface area contributed by atoms with Gasteiger partial charge in [-0.15, -0.1) is 11.3 Å². The van der Waals surface area contributed by atoms with Gasteiger partial charge < -0.3 is 9.64 Å². The number of hydrogen-bond acceptors (Lipinski definition) is 3. The highest BCUT2D eigenvalue weighted by Crippen LogP contribution is 2.40. The number of rotatable bonds is 4. The molecule has 25 heavy (non-hydrogen) atoms. The number of thiophene rings is 1. The summed E-state index contributed by atoms with van der Waals surface area (Å²) in [6, 6.07) is 6.48. The Hall–Kier alpha value is -1.33. The van der Waals surface area contributed by atoms with E-state index in [0.29, 0.717) is 13.1 Å². The molecule has 0 spiro atoms. The quantitative estimate of drug-likeness (QED) is 0.633. The lowest BCUT2D eigenvalue weighted by Crippen LogP contribution is -2.47. The molecule has 1 amide bonds. The molecule has 2 aromatic rings. The first kappa shape index (κ1) is 20.0. The van der Waals surface area contributed by atoms with E-state index in [-0.39, 0.29) is 11.1 Å². The molecule has 0 aliphatic rings. The Labute approximate surface area is 157 Å². The van der Waals surface area contributed by atoms with Crippen molar-refractivity contribution in [1.29, 1.82) is 0 Å². The monoisotopic (exact) mass is 377 g/mol. The first-order chi connectivity index (χ1) is 11.5. The van der Waals surface area contributed by atoms with Crippen LogP contribution >= 0.6 is 11.3 Å². The molecule has 138 valence electrons. The third kappa shape index (κ3) is 3.77. The third-order valence-electron chi connectivity index (χ3n) is 5.55. The second kappa shape index (κ2) is 7.12. The van der Waals surface area contributed by atoms with E-state index in [2.05, 4.69) is 52.1 Å². The van der Waals surface area contributed by atoms with E-state index in [0.717, 1.165) is 16.7 Å². The topological polar surface area (TPSA) is 29.5 Å². The second-order valence-electron chi connectivity index (χ2n) is 8.15. The number of ether oxygens (including phenoxy) is 1. The number of nitrogens with zero attached hydrogens (tertiary/aromatic N) is 1. The van der Waals surface area contributed by atoms with E-state index in [1.54, 1.807) is 4.90 Å². The summed E-state index contributed by atoms with van der Waals surface area (Å²) in [5.41, 5.74) is 1.01. The zero-order chi connectivity index (χ0) is 19.0. The molecular weight excluding hydrogens is 346 g/mol. The molecule has 0 unspecified atom stereocenters. The maximum absolute atomic E-state index is 12.4. The fraction of sp³-hybridized carbons (Fsp3) is 0.550. The lowest BCUT2D eigenvalue weighted by Gasteiger charge is -2.35. The van der Waals surface area contributed by atoms with Gasteiger partial charge in [0, 0.05) is 23.2 Å². The molecule has 0 saturated heterocycles. The van der Waals surface area contributed by atoms with Crippen LogP contribution in [0.2, 0.25) is 18.1 Å². The molecule has 0 aliphatic carbocycles. The minimum Gasteiger partial charge on any atom is -0.409 e. The van der Waals surface area contributed by atoms with Crippen LogP contribution in [0.1, 0.15) is 40.2 Å². The van der Waals surface area contributed by atoms with Gasteiger partial charge in [0.25, 0.3) is 0 Å². The molecule has 1 heterocycles. The second-order valence-corrected chi connectivity index (χ2v) is 14.9. The van der Waals surface area contributed by atoms with E-state index >= 15 is 0 Å². The Bertz CT molecular complexity index is 770. The Kier molecular flexibility index (Phi) is 5.69. The van der Waals surface area contributed by atoms with E-state index in [4.69, 9.17) is 4.74 Å². The summed E-state index contributed by atoms with van der Waals surface area (Å²) in [7, 11) is -1.61. The highest BCUT2D eigenvalue weighted by atomic mass is 32.1. The first-order valence-corrected chi connectivity index (χ1v) is 12.8. The van der Waals surface area contributed by atoms with Gasteiger partial charge in [0.1, 0.15) is 5.75 Å². The molecule has 0 N–H and O–H groups in total. The van der Waals surface area contributed by atoms with Crippen LogP contribution in [0.4, 0.5) is 4.79 Å². The average molecular weight is 378 g/mol. The molecule has 0 fully saturated rings. The third-order valence-corrected chi connectivity index (χ3v) is 13.4. The van der Waals surface area contributed by atoms with Crippen LogP contribution < -0.4 is 9.24 Å². The summed E-state index contributed by atoms with van der Waals surface area (Å²) in [6.07, 6.45) is -0.263. The molecule has 5 heteroatoms. The zero-order valence-electron chi connectivity index (χ0n) is 16.8. The molecule has 0 atom stereocenters. The predicted molar refractivity (Wildman–Crippen MR) is 112 cm³/mol. The maximum atomic E-state index is 12.4. The minimum atomic E-state index is -1.61. The molecule has 2 rings (SSSR count). The van der Waals surface area contributed by atoms with Crippen LogP contribution in [-0.2, 0) is 0 Å². The summed E-state index contributed by atoms with van der Waals surface area (Å²) in [5, 5.41) is 1.35. The molecule has 1 aromatic heterocycles. The van der Waals surface area contributed by atoms with Gasteiger partial charge in [0.05, 0.1) is 8.07 Å². The minimum absolute atomic E-state index is 0.263. The van der Waals surface area contributed by atoms with Crippen LogP contribution in [0.5, 0.6) is 5.75 Å². The van der Waals surface area contributed by atoms with Crippen LogP contribution in [0.15, 0.2) is 18.2 Å². The molecule has 1 aromatic carbocycles. The first-order valence-electron chi connectivity index (χ1n) is 9.03. The predicted octanol–water partition coefficient (Wildman–Crippen LogP) is 5.77. The van der Waals surface area contributed by atoms with Gasteiger partial charge >= 0.3 is 6.09 Å². The summed E-state index contributed by atoms with van der Waals surface area (Å²) < 4.78 is 8.48. The van der Waals surface area contributed by atoms with Crippen molar-refractivity contribution in [3.8, 4) is 5.75 Å². The molecule has 3 nitrogen and oxygen atoms in total. The molecule has 0 bridgehead atoms. The van der Waals surface area contributed by atoms with Crippen LogP contribution in [0.3, 0.4) is 0 Å². The number of carbonyl (C=O) groups excluding carboxylic acids is 1. The average Bonchev–Trinajstić information content (AvgIpc) is 2.95. The maximum Gasteiger partial charge on any atom is 0.415 e. The van der Waals surface area contributed by atoms with Crippen molar-refractivity contribution in [3.05, 3.63) is 23.8 Å². The lowest BCUT2D eigenvalue weighted by molar-refractivity contribution is 0.157. The molecular formula is C20H31NO2SSi. The van der Waals surface area contributed by atoms with Crippen molar-refractivity contribution in [2.24, 2.45) is 0 Å². The van der Waals surface area contributed by atoms with Crippen molar-refractivity contribution >= 4 is 40.1 Å².